The molecule has 16 heavy (non-hydrogen) atoms. The summed E-state index contributed by atoms with van der Waals surface area (Å²) in [5, 5.41) is 0. The fraction of sp³-hybridized carbons (Fsp3) is 0.286. The molecule has 0 spiro atoms. The largest absolute Gasteiger partial charge is 0.306 e. The van der Waals surface area contributed by atoms with Crippen LogP contribution < -0.4 is 0 Å². The molecular weight excluding hydrogens is 283 g/mol. The molecule has 10 radical (unpaired) electrons. The predicted octanol–water partition coefficient (Wildman–Crippen LogP) is 2.36. The van der Waals surface area contributed by atoms with E-state index in [1.54, 1.807) is 0 Å². The van der Waals surface area contributed by atoms with Crippen molar-refractivity contribution in [2.45, 2.75) is 13.0 Å². The van der Waals surface area contributed by atoms with E-state index < -0.39 is 0 Å². The van der Waals surface area contributed by atoms with Crippen LogP contribution in [0.5, 0.6) is 0 Å². The topological polar surface area (TPSA) is 3.24 Å². The van der Waals surface area contributed by atoms with Crippen molar-refractivity contribution in [3.05, 3.63) is 63.7 Å². The molecule has 0 aromatic rings. The van der Waals surface area contributed by atoms with Crippen LogP contribution in [0.2, 0.25) is 0 Å². The van der Waals surface area contributed by atoms with Crippen LogP contribution in [0.15, 0.2) is 0 Å². The first-order valence-electron chi connectivity index (χ1n) is 5.26. The number of nitrogens with zero attached hydrogens (tertiary/aromatic N) is 1. The van der Waals surface area contributed by atoms with E-state index in [0.717, 1.165) is 0 Å². The molecule has 1 atom stereocenters. The van der Waals surface area contributed by atoms with Gasteiger partial charge in [0.15, 0.2) is 0 Å². The molecule has 2 fully saturated rings. The van der Waals surface area contributed by atoms with Crippen molar-refractivity contribution in [2.24, 2.45) is 0 Å². The van der Waals surface area contributed by atoms with Gasteiger partial charge in [0.2, 0.25) is 0 Å². The van der Waals surface area contributed by atoms with Gasteiger partial charge in [-0.2, -0.15) is 0 Å². The minimum absolute atomic E-state index is 0. The van der Waals surface area contributed by atoms with Crippen molar-refractivity contribution in [3.63, 3.8) is 0 Å². The second-order valence-electron chi connectivity index (χ2n) is 3.82. The second kappa shape index (κ2) is 9.60. The molecule has 0 saturated heterocycles. The van der Waals surface area contributed by atoms with Crippen LogP contribution in [-0.2, 0) is 19.5 Å². The van der Waals surface area contributed by atoms with E-state index in [1.807, 2.05) is 32.1 Å². The van der Waals surface area contributed by atoms with Crippen LogP contribution in [0.1, 0.15) is 6.92 Å². The first-order valence-corrected chi connectivity index (χ1v) is 5.26. The fourth-order valence-electron chi connectivity index (χ4n) is 1.29. The fourth-order valence-corrected chi connectivity index (χ4v) is 1.29. The Morgan fingerprint density at radius 1 is 0.812 bits per heavy atom. The molecule has 2 aliphatic carbocycles. The third-order valence-electron chi connectivity index (χ3n) is 2.50. The average Bonchev–Trinajstić information content (AvgIpc) is 2.92. The molecule has 0 aromatic heterocycles. The predicted molar refractivity (Wildman–Crippen MR) is 65.1 cm³/mol. The summed E-state index contributed by atoms with van der Waals surface area (Å²) < 4.78 is 0. The van der Waals surface area contributed by atoms with Crippen molar-refractivity contribution < 1.29 is 19.5 Å². The second-order valence-corrected chi connectivity index (χ2v) is 3.82. The van der Waals surface area contributed by atoms with Gasteiger partial charge in [-0.15, -0.1) is 0 Å². The quantitative estimate of drug-likeness (QED) is 0.708. The Labute approximate surface area is 115 Å². The van der Waals surface area contributed by atoms with Crippen LogP contribution in [0.25, 0.3) is 0 Å². The summed E-state index contributed by atoms with van der Waals surface area (Å²) in [6, 6.07) is 0.537. The smallest absolute Gasteiger partial charge is 0.0129 e. The van der Waals surface area contributed by atoms with Gasteiger partial charge in [0.1, 0.15) is 0 Å². The first kappa shape index (κ1) is 16.6. The van der Waals surface area contributed by atoms with Gasteiger partial charge >= 0.3 is 0 Å². The van der Waals surface area contributed by atoms with Gasteiger partial charge in [-0.25, -0.2) is 0 Å². The number of hydrogen-bond acceptors (Lipinski definition) is 1. The summed E-state index contributed by atoms with van der Waals surface area (Å²) in [4.78, 5) is 2.20. The Morgan fingerprint density at radius 2 is 1.19 bits per heavy atom. The molecule has 1 nitrogen and oxygen atoms in total. The van der Waals surface area contributed by atoms with E-state index in [1.165, 1.54) is 5.92 Å². The maximum Gasteiger partial charge on any atom is 0.0129 e. The van der Waals surface area contributed by atoms with E-state index in [2.05, 4.69) is 51.6 Å². The Kier molecular flexibility index (Phi) is 9.95. The molecule has 88 valence electrons. The first-order chi connectivity index (χ1) is 7.22. The molecule has 0 heterocycles. The van der Waals surface area contributed by atoms with E-state index >= 15 is 0 Å². The van der Waals surface area contributed by atoms with Crippen molar-refractivity contribution in [2.75, 3.05) is 14.1 Å². The summed E-state index contributed by atoms with van der Waals surface area (Å²) in [6.07, 6.45) is 18.5. The third-order valence-corrected chi connectivity index (χ3v) is 2.50. The minimum Gasteiger partial charge on any atom is -0.306 e. The summed E-state index contributed by atoms with van der Waals surface area (Å²) in [5.41, 5.74) is 0. The standard InChI is InChI=1S/C9H14N.C5H5.Ru/c1-8(10(2)3)9-6-4-5-7-9;1-2-4-5-3-1;/h4-8H,1-3H3;1-5H;/t8-;;/m1../s1. The van der Waals surface area contributed by atoms with Crippen molar-refractivity contribution in [1.29, 1.82) is 0 Å². The van der Waals surface area contributed by atoms with Gasteiger partial charge in [-0.1, -0.05) is 0 Å². The van der Waals surface area contributed by atoms with Crippen LogP contribution >= 0.6 is 0 Å². The molecule has 0 aromatic carbocycles. The normalized spacial score (nSPS) is 22.5. The van der Waals surface area contributed by atoms with E-state index in [4.69, 9.17) is 0 Å². The molecular formula is C14H19NRu. The summed E-state index contributed by atoms with van der Waals surface area (Å²) >= 11 is 0. The molecule has 2 aliphatic rings. The molecule has 2 saturated carbocycles. The Morgan fingerprint density at radius 3 is 1.50 bits per heavy atom. The molecule has 0 aliphatic heterocycles. The molecule has 0 amide bonds. The van der Waals surface area contributed by atoms with Crippen LogP contribution in [0.3, 0.4) is 0 Å². The van der Waals surface area contributed by atoms with E-state index in [9.17, 15) is 0 Å². The summed E-state index contributed by atoms with van der Waals surface area (Å²) in [5.74, 6) is 1.39. The molecule has 0 bridgehead atoms. The number of hydrogen-bond donors (Lipinski definition) is 0. The molecule has 2 rings (SSSR count). The maximum absolute atomic E-state index is 2.20. The van der Waals surface area contributed by atoms with Crippen molar-refractivity contribution in [1.82, 2.24) is 4.90 Å². The third kappa shape index (κ3) is 6.35. The zero-order valence-corrected chi connectivity index (χ0v) is 11.8. The van der Waals surface area contributed by atoms with E-state index in [-0.39, 0.29) is 19.5 Å². The molecule has 0 N–H and O–H groups in total. The SMILES string of the molecule is C[C@H]([C]1[CH][CH][CH][CH]1)N(C)C.[CH]1[CH][CH][CH][CH]1.[Ru]. The Bertz CT molecular complexity index is 141. The zero-order valence-electron chi connectivity index (χ0n) is 10.1. The van der Waals surface area contributed by atoms with Crippen LogP contribution in [0, 0.1) is 63.7 Å². The van der Waals surface area contributed by atoms with Gasteiger partial charge in [0.25, 0.3) is 0 Å². The Balaban J connectivity index is 0.000000318. The van der Waals surface area contributed by atoms with Crippen molar-refractivity contribution >= 4 is 0 Å². The average molecular weight is 302 g/mol. The van der Waals surface area contributed by atoms with Gasteiger partial charge < -0.3 is 4.90 Å². The molecule has 0 unspecified atom stereocenters. The van der Waals surface area contributed by atoms with Gasteiger partial charge in [0, 0.05) is 31.4 Å². The van der Waals surface area contributed by atoms with Crippen molar-refractivity contribution in [3.8, 4) is 0 Å². The van der Waals surface area contributed by atoms with Gasteiger partial charge in [-0.05, 0) is 78.8 Å². The van der Waals surface area contributed by atoms with E-state index in [0.29, 0.717) is 6.04 Å². The van der Waals surface area contributed by atoms with Gasteiger partial charge in [-0.3, -0.25) is 0 Å². The van der Waals surface area contributed by atoms with Crippen LogP contribution in [-0.4, -0.2) is 25.0 Å². The summed E-state index contributed by atoms with van der Waals surface area (Å²) in [6.45, 7) is 2.20. The summed E-state index contributed by atoms with van der Waals surface area (Å²) in [7, 11) is 4.19. The zero-order chi connectivity index (χ0) is 11.1. The molecule has 2 heteroatoms. The monoisotopic (exact) mass is 303 g/mol. The van der Waals surface area contributed by atoms with Gasteiger partial charge in [0.05, 0.1) is 0 Å². The van der Waals surface area contributed by atoms with Crippen LogP contribution in [0.4, 0.5) is 0 Å². The maximum atomic E-state index is 2.20. The Hall–Kier alpha value is 0.583. The number of rotatable bonds is 2. The minimum atomic E-state index is 0.